The van der Waals surface area contributed by atoms with E-state index in [0.29, 0.717) is 5.82 Å². The second-order valence-corrected chi connectivity index (χ2v) is 3.27. The van der Waals surface area contributed by atoms with E-state index in [1.54, 1.807) is 0 Å². The molecule has 4 nitrogen and oxygen atoms in total. The smallest absolute Gasteiger partial charge is 0.416 e. The standard InChI is InChI=1S/C10H8F3N3O/c11-10(12,13)6-1-3-7(4-2-6)17-9-15-5-8(14)16-9/h1-5H,14H2,(H,15,16). The van der Waals surface area contributed by atoms with Crippen molar-refractivity contribution >= 4 is 5.82 Å². The molecule has 0 radical (unpaired) electrons. The number of ether oxygens (including phenoxy) is 1. The fourth-order valence-corrected chi connectivity index (χ4v) is 1.19. The monoisotopic (exact) mass is 243 g/mol. The summed E-state index contributed by atoms with van der Waals surface area (Å²) < 4.78 is 42.0. The van der Waals surface area contributed by atoms with Gasteiger partial charge in [-0.2, -0.15) is 13.2 Å². The molecular weight excluding hydrogens is 235 g/mol. The molecule has 1 aromatic heterocycles. The number of imidazole rings is 1. The zero-order chi connectivity index (χ0) is 12.5. The van der Waals surface area contributed by atoms with Crippen LogP contribution in [0.2, 0.25) is 0 Å². The van der Waals surface area contributed by atoms with Crippen molar-refractivity contribution in [1.82, 2.24) is 9.97 Å². The van der Waals surface area contributed by atoms with Gasteiger partial charge in [0.25, 0.3) is 0 Å². The van der Waals surface area contributed by atoms with Gasteiger partial charge in [0.2, 0.25) is 0 Å². The Kier molecular flexibility index (Phi) is 2.66. The van der Waals surface area contributed by atoms with Crippen molar-refractivity contribution in [3.63, 3.8) is 0 Å². The molecule has 2 aromatic rings. The quantitative estimate of drug-likeness (QED) is 0.852. The molecule has 0 saturated heterocycles. The van der Waals surface area contributed by atoms with Crippen LogP contribution in [-0.4, -0.2) is 9.97 Å². The SMILES string of the molecule is Nc1cnc(Oc2ccc(C(F)(F)F)cc2)[nH]1. The van der Waals surface area contributed by atoms with Crippen molar-refractivity contribution in [2.75, 3.05) is 5.73 Å². The molecule has 0 fully saturated rings. The minimum absolute atomic E-state index is 0.127. The van der Waals surface area contributed by atoms with E-state index in [1.165, 1.54) is 18.3 Å². The number of hydrogen-bond donors (Lipinski definition) is 2. The summed E-state index contributed by atoms with van der Waals surface area (Å²) in [5, 5.41) is 0. The highest BCUT2D eigenvalue weighted by atomic mass is 19.4. The lowest BCUT2D eigenvalue weighted by Gasteiger charge is -2.07. The number of nitrogens with two attached hydrogens (primary N) is 1. The van der Waals surface area contributed by atoms with E-state index >= 15 is 0 Å². The maximum absolute atomic E-state index is 12.3. The predicted molar refractivity (Wildman–Crippen MR) is 54.5 cm³/mol. The Labute approximate surface area is 94.2 Å². The fraction of sp³-hybridized carbons (Fsp3) is 0.100. The van der Waals surface area contributed by atoms with E-state index in [-0.39, 0.29) is 11.8 Å². The Morgan fingerprint density at radius 3 is 2.29 bits per heavy atom. The van der Waals surface area contributed by atoms with Crippen LogP contribution in [0.3, 0.4) is 0 Å². The molecule has 0 amide bonds. The lowest BCUT2D eigenvalue weighted by Crippen LogP contribution is -2.04. The third kappa shape index (κ3) is 2.68. The summed E-state index contributed by atoms with van der Waals surface area (Å²) in [6, 6.07) is 4.41. The van der Waals surface area contributed by atoms with E-state index in [1.807, 2.05) is 0 Å². The second-order valence-electron chi connectivity index (χ2n) is 3.27. The number of nitrogen functional groups attached to an aromatic ring is 1. The van der Waals surface area contributed by atoms with E-state index in [2.05, 4.69) is 9.97 Å². The molecule has 90 valence electrons. The first-order chi connectivity index (χ1) is 7.95. The van der Waals surface area contributed by atoms with Gasteiger partial charge in [-0.3, -0.25) is 4.98 Å². The topological polar surface area (TPSA) is 63.9 Å². The molecule has 0 saturated carbocycles. The molecule has 1 aromatic carbocycles. The van der Waals surface area contributed by atoms with Gasteiger partial charge in [-0.05, 0) is 24.3 Å². The molecule has 0 aliphatic carbocycles. The van der Waals surface area contributed by atoms with Crippen LogP contribution in [0.4, 0.5) is 19.0 Å². The van der Waals surface area contributed by atoms with Crippen LogP contribution in [0, 0.1) is 0 Å². The largest absolute Gasteiger partial charge is 0.426 e. The van der Waals surface area contributed by atoms with Crippen LogP contribution >= 0.6 is 0 Å². The summed E-state index contributed by atoms with van der Waals surface area (Å²) in [7, 11) is 0. The van der Waals surface area contributed by atoms with Gasteiger partial charge in [-0.15, -0.1) is 0 Å². The molecular formula is C10H8F3N3O. The van der Waals surface area contributed by atoms with Crippen LogP contribution in [0.1, 0.15) is 5.56 Å². The maximum atomic E-state index is 12.3. The van der Waals surface area contributed by atoms with Gasteiger partial charge in [0.1, 0.15) is 11.6 Å². The number of anilines is 1. The first-order valence-electron chi connectivity index (χ1n) is 4.61. The maximum Gasteiger partial charge on any atom is 0.416 e. The molecule has 1 heterocycles. The summed E-state index contributed by atoms with van der Waals surface area (Å²) in [6.45, 7) is 0. The molecule has 0 aliphatic rings. The molecule has 0 aliphatic heterocycles. The van der Waals surface area contributed by atoms with E-state index in [0.717, 1.165) is 12.1 Å². The molecule has 3 N–H and O–H groups in total. The molecule has 0 bridgehead atoms. The van der Waals surface area contributed by atoms with Gasteiger partial charge >= 0.3 is 12.2 Å². The van der Waals surface area contributed by atoms with Crippen molar-refractivity contribution in [1.29, 1.82) is 0 Å². The van der Waals surface area contributed by atoms with E-state index < -0.39 is 11.7 Å². The number of halogens is 3. The van der Waals surface area contributed by atoms with Crippen molar-refractivity contribution in [3.05, 3.63) is 36.0 Å². The first kappa shape index (κ1) is 11.3. The van der Waals surface area contributed by atoms with Crippen molar-refractivity contribution in [2.24, 2.45) is 0 Å². The van der Waals surface area contributed by atoms with Crippen molar-refractivity contribution in [2.45, 2.75) is 6.18 Å². The number of benzene rings is 1. The normalized spacial score (nSPS) is 11.5. The Bertz CT molecular complexity index is 504. The summed E-state index contributed by atoms with van der Waals surface area (Å²) in [5.74, 6) is 0.555. The molecule has 7 heteroatoms. The van der Waals surface area contributed by atoms with Crippen LogP contribution in [0.15, 0.2) is 30.5 Å². The Balaban J connectivity index is 2.13. The highest BCUT2D eigenvalue weighted by molar-refractivity contribution is 5.32. The average Bonchev–Trinajstić information content (AvgIpc) is 2.63. The van der Waals surface area contributed by atoms with Crippen LogP contribution in [0.25, 0.3) is 0 Å². The molecule has 0 spiro atoms. The van der Waals surface area contributed by atoms with Gasteiger partial charge < -0.3 is 10.5 Å². The molecule has 17 heavy (non-hydrogen) atoms. The minimum Gasteiger partial charge on any atom is -0.426 e. The number of rotatable bonds is 2. The number of alkyl halides is 3. The van der Waals surface area contributed by atoms with Crippen LogP contribution in [0.5, 0.6) is 11.8 Å². The minimum atomic E-state index is -4.35. The number of nitrogens with zero attached hydrogens (tertiary/aromatic N) is 1. The highest BCUT2D eigenvalue weighted by Crippen LogP contribution is 2.30. The second kappa shape index (κ2) is 4.00. The fourth-order valence-electron chi connectivity index (χ4n) is 1.19. The molecule has 0 unspecified atom stereocenters. The number of H-pyrrole nitrogens is 1. The van der Waals surface area contributed by atoms with Crippen molar-refractivity contribution in [3.8, 4) is 11.8 Å². The summed E-state index contributed by atoms with van der Waals surface area (Å²) in [6.07, 6.45) is -3.01. The Morgan fingerprint density at radius 1 is 1.18 bits per heavy atom. The Hall–Kier alpha value is -2.18. The zero-order valence-electron chi connectivity index (χ0n) is 8.45. The lowest BCUT2D eigenvalue weighted by molar-refractivity contribution is -0.137. The molecule has 0 atom stereocenters. The first-order valence-corrected chi connectivity index (χ1v) is 4.61. The van der Waals surface area contributed by atoms with E-state index in [9.17, 15) is 13.2 Å². The average molecular weight is 243 g/mol. The van der Waals surface area contributed by atoms with Gasteiger partial charge in [-0.1, -0.05) is 0 Å². The molecule has 2 rings (SSSR count). The van der Waals surface area contributed by atoms with Gasteiger partial charge in [0, 0.05) is 0 Å². The third-order valence-corrected chi connectivity index (χ3v) is 1.97. The van der Waals surface area contributed by atoms with Gasteiger partial charge in [-0.25, -0.2) is 4.98 Å². The zero-order valence-corrected chi connectivity index (χ0v) is 8.45. The van der Waals surface area contributed by atoms with Gasteiger partial charge in [0.05, 0.1) is 11.8 Å². The number of aromatic amines is 1. The summed E-state index contributed by atoms with van der Waals surface area (Å²) in [5.41, 5.74) is 4.63. The Morgan fingerprint density at radius 2 is 1.82 bits per heavy atom. The third-order valence-electron chi connectivity index (χ3n) is 1.97. The number of nitrogens with one attached hydrogen (secondary N) is 1. The predicted octanol–water partition coefficient (Wildman–Crippen LogP) is 2.80. The number of aromatic nitrogens is 2. The highest BCUT2D eigenvalue weighted by Gasteiger charge is 2.30. The van der Waals surface area contributed by atoms with Crippen LogP contribution in [-0.2, 0) is 6.18 Å². The lowest BCUT2D eigenvalue weighted by atomic mass is 10.2. The number of hydrogen-bond acceptors (Lipinski definition) is 3. The summed E-state index contributed by atoms with van der Waals surface area (Å²) >= 11 is 0. The summed E-state index contributed by atoms with van der Waals surface area (Å²) in [4.78, 5) is 6.35. The van der Waals surface area contributed by atoms with Crippen LogP contribution < -0.4 is 10.5 Å². The van der Waals surface area contributed by atoms with Crippen molar-refractivity contribution < 1.29 is 17.9 Å². The van der Waals surface area contributed by atoms with Gasteiger partial charge in [0.15, 0.2) is 0 Å². The van der Waals surface area contributed by atoms with E-state index in [4.69, 9.17) is 10.5 Å².